The summed E-state index contributed by atoms with van der Waals surface area (Å²) in [5.74, 6) is -4.00. The molecule has 2 aromatic carbocycles. The van der Waals surface area contributed by atoms with Crippen molar-refractivity contribution in [2.24, 2.45) is 0 Å². The van der Waals surface area contributed by atoms with Crippen LogP contribution in [0.25, 0.3) is 10.8 Å². The van der Waals surface area contributed by atoms with Gasteiger partial charge in [-0.15, -0.1) is 0 Å². The molecule has 18 heavy (non-hydrogen) atoms. The van der Waals surface area contributed by atoms with Crippen molar-refractivity contribution >= 4 is 16.6 Å². The Bertz CT molecular complexity index is 600. The zero-order valence-electron chi connectivity index (χ0n) is 10.0. The van der Waals surface area contributed by atoms with Gasteiger partial charge in [0.25, 0.3) is 0 Å². The van der Waals surface area contributed by atoms with Crippen LogP contribution in [0.15, 0.2) is 36.4 Å². The molecular formula is C14H12F2O2. The van der Waals surface area contributed by atoms with Gasteiger partial charge >= 0.3 is 5.92 Å². The maximum absolute atomic E-state index is 13.1. The highest BCUT2D eigenvalue weighted by molar-refractivity contribution is 6.12. The number of rotatable bonds is 3. The Labute approximate surface area is 103 Å². The maximum Gasteiger partial charge on any atom is 0.307 e. The van der Waals surface area contributed by atoms with E-state index in [2.05, 4.69) is 0 Å². The Kier molecular flexibility index (Phi) is 3.03. The van der Waals surface area contributed by atoms with Gasteiger partial charge in [0, 0.05) is 17.9 Å². The summed E-state index contributed by atoms with van der Waals surface area (Å²) in [7, 11) is 1.50. The summed E-state index contributed by atoms with van der Waals surface area (Å²) in [4.78, 5) is 11.7. The highest BCUT2D eigenvalue weighted by atomic mass is 19.3. The van der Waals surface area contributed by atoms with Gasteiger partial charge in [-0.3, -0.25) is 4.79 Å². The van der Waals surface area contributed by atoms with Crippen LogP contribution in [0.4, 0.5) is 8.78 Å². The van der Waals surface area contributed by atoms with E-state index in [1.54, 1.807) is 24.3 Å². The minimum Gasteiger partial charge on any atom is -0.496 e. The topological polar surface area (TPSA) is 26.3 Å². The van der Waals surface area contributed by atoms with E-state index in [1.165, 1.54) is 19.2 Å². The lowest BCUT2D eigenvalue weighted by molar-refractivity contribution is 0.0223. The number of hydrogen-bond acceptors (Lipinski definition) is 2. The summed E-state index contributed by atoms with van der Waals surface area (Å²) >= 11 is 0. The number of alkyl halides is 2. The summed E-state index contributed by atoms with van der Waals surface area (Å²) in [5.41, 5.74) is 0.0129. The van der Waals surface area contributed by atoms with Gasteiger partial charge in [0.15, 0.2) is 0 Å². The van der Waals surface area contributed by atoms with E-state index in [4.69, 9.17) is 4.74 Å². The van der Waals surface area contributed by atoms with Crippen molar-refractivity contribution in [3.63, 3.8) is 0 Å². The third-order valence-electron chi connectivity index (χ3n) is 2.75. The summed E-state index contributed by atoms with van der Waals surface area (Å²) in [6.45, 7) is 0.605. The minimum absolute atomic E-state index is 0.0129. The summed E-state index contributed by atoms with van der Waals surface area (Å²) in [6.07, 6.45) is 0. The van der Waals surface area contributed by atoms with Crippen LogP contribution >= 0.6 is 0 Å². The van der Waals surface area contributed by atoms with E-state index >= 15 is 0 Å². The van der Waals surface area contributed by atoms with Crippen LogP contribution in [0.5, 0.6) is 5.75 Å². The second kappa shape index (κ2) is 4.37. The number of hydrogen-bond donors (Lipinski definition) is 0. The number of ether oxygens (including phenoxy) is 1. The number of benzene rings is 2. The molecule has 0 aromatic heterocycles. The SMILES string of the molecule is COc1ccc(C(=O)C(C)(F)F)c2ccccc12. The third-order valence-corrected chi connectivity index (χ3v) is 2.75. The predicted molar refractivity (Wildman–Crippen MR) is 65.5 cm³/mol. The Hall–Kier alpha value is -1.97. The van der Waals surface area contributed by atoms with Crippen molar-refractivity contribution in [1.29, 1.82) is 0 Å². The third kappa shape index (κ3) is 2.06. The van der Waals surface area contributed by atoms with Gasteiger partial charge in [-0.1, -0.05) is 24.3 Å². The lowest BCUT2D eigenvalue weighted by Gasteiger charge is -2.13. The van der Waals surface area contributed by atoms with Gasteiger partial charge in [0.2, 0.25) is 5.78 Å². The van der Waals surface area contributed by atoms with Crippen LogP contribution in [0.3, 0.4) is 0 Å². The molecule has 2 aromatic rings. The molecular weight excluding hydrogens is 238 g/mol. The van der Waals surface area contributed by atoms with Crippen LogP contribution < -0.4 is 4.74 Å². The standard InChI is InChI=1S/C14H12F2O2/c1-14(15,16)13(17)11-7-8-12(18-2)10-6-4-3-5-9(10)11/h3-8H,1-2H3. The average Bonchev–Trinajstić information content (AvgIpc) is 2.35. The van der Waals surface area contributed by atoms with Crippen molar-refractivity contribution < 1.29 is 18.3 Å². The van der Waals surface area contributed by atoms with Crippen LogP contribution in [0, 0.1) is 0 Å². The largest absolute Gasteiger partial charge is 0.496 e. The number of carbonyl (C=O) groups is 1. The monoisotopic (exact) mass is 250 g/mol. The molecule has 0 aliphatic carbocycles. The molecule has 0 spiro atoms. The molecule has 4 heteroatoms. The fraction of sp³-hybridized carbons (Fsp3) is 0.214. The Morgan fingerprint density at radius 3 is 2.28 bits per heavy atom. The second-order valence-corrected chi connectivity index (χ2v) is 4.08. The van der Waals surface area contributed by atoms with Crippen LogP contribution in [0.1, 0.15) is 17.3 Å². The van der Waals surface area contributed by atoms with E-state index < -0.39 is 11.7 Å². The van der Waals surface area contributed by atoms with Gasteiger partial charge in [0.1, 0.15) is 5.75 Å². The molecule has 0 aliphatic heterocycles. The lowest BCUT2D eigenvalue weighted by atomic mass is 9.98. The molecule has 0 aliphatic rings. The predicted octanol–water partition coefficient (Wildman–Crippen LogP) is 3.69. The van der Waals surface area contributed by atoms with Gasteiger partial charge < -0.3 is 4.74 Å². The van der Waals surface area contributed by atoms with Crippen molar-refractivity contribution in [3.05, 3.63) is 42.0 Å². The second-order valence-electron chi connectivity index (χ2n) is 4.08. The van der Waals surface area contributed by atoms with Gasteiger partial charge in [-0.05, 0) is 17.5 Å². The Balaban J connectivity index is 2.71. The first-order chi connectivity index (χ1) is 8.45. The molecule has 0 saturated heterocycles. The van der Waals surface area contributed by atoms with Crippen LogP contribution in [0.2, 0.25) is 0 Å². The van der Waals surface area contributed by atoms with E-state index in [1.807, 2.05) is 0 Å². The van der Waals surface area contributed by atoms with Crippen molar-refractivity contribution in [3.8, 4) is 5.75 Å². The molecule has 0 saturated carbocycles. The van der Waals surface area contributed by atoms with Crippen molar-refractivity contribution in [2.45, 2.75) is 12.8 Å². The molecule has 2 rings (SSSR count). The number of fused-ring (bicyclic) bond motifs is 1. The molecule has 0 bridgehead atoms. The lowest BCUT2D eigenvalue weighted by Crippen LogP contribution is -2.24. The molecule has 0 amide bonds. The molecule has 0 heterocycles. The molecule has 0 fully saturated rings. The van der Waals surface area contributed by atoms with Crippen LogP contribution in [-0.2, 0) is 0 Å². The highest BCUT2D eigenvalue weighted by Gasteiger charge is 2.34. The van der Waals surface area contributed by atoms with Gasteiger partial charge in [-0.2, -0.15) is 8.78 Å². The number of ketones is 1. The van der Waals surface area contributed by atoms with E-state index in [-0.39, 0.29) is 5.56 Å². The zero-order chi connectivity index (χ0) is 13.3. The number of carbonyl (C=O) groups excluding carboxylic acids is 1. The van der Waals surface area contributed by atoms with Gasteiger partial charge in [-0.25, -0.2) is 0 Å². The molecule has 0 atom stereocenters. The minimum atomic E-state index is -3.38. The first-order valence-corrected chi connectivity index (χ1v) is 5.43. The molecule has 94 valence electrons. The molecule has 0 N–H and O–H groups in total. The maximum atomic E-state index is 13.1. The smallest absolute Gasteiger partial charge is 0.307 e. The highest BCUT2D eigenvalue weighted by Crippen LogP contribution is 2.31. The zero-order valence-corrected chi connectivity index (χ0v) is 10.0. The molecule has 0 radical (unpaired) electrons. The Morgan fingerprint density at radius 2 is 1.72 bits per heavy atom. The quantitative estimate of drug-likeness (QED) is 0.776. The first kappa shape index (κ1) is 12.5. The molecule has 0 unspecified atom stereocenters. The number of Topliss-reactive ketones (excluding diaryl/α,β-unsaturated/α-hetero) is 1. The molecule has 2 nitrogen and oxygen atoms in total. The van der Waals surface area contributed by atoms with Crippen LogP contribution in [-0.4, -0.2) is 18.8 Å². The summed E-state index contributed by atoms with van der Waals surface area (Å²) in [6, 6.07) is 9.74. The van der Waals surface area contributed by atoms with Crippen molar-refractivity contribution in [1.82, 2.24) is 0 Å². The van der Waals surface area contributed by atoms with E-state index in [0.29, 0.717) is 23.4 Å². The van der Waals surface area contributed by atoms with E-state index in [0.717, 1.165) is 0 Å². The summed E-state index contributed by atoms with van der Waals surface area (Å²) < 4.78 is 31.4. The first-order valence-electron chi connectivity index (χ1n) is 5.43. The normalized spacial score (nSPS) is 11.6. The fourth-order valence-electron chi connectivity index (χ4n) is 1.88. The Morgan fingerprint density at radius 1 is 1.11 bits per heavy atom. The summed E-state index contributed by atoms with van der Waals surface area (Å²) in [5, 5.41) is 1.12. The number of methoxy groups -OCH3 is 1. The van der Waals surface area contributed by atoms with Crippen molar-refractivity contribution in [2.75, 3.05) is 7.11 Å². The van der Waals surface area contributed by atoms with Gasteiger partial charge in [0.05, 0.1) is 7.11 Å². The fourth-order valence-corrected chi connectivity index (χ4v) is 1.88. The number of halogens is 2. The van der Waals surface area contributed by atoms with E-state index in [9.17, 15) is 13.6 Å². The average molecular weight is 250 g/mol.